The summed E-state index contributed by atoms with van der Waals surface area (Å²) in [5, 5.41) is 2.78. The summed E-state index contributed by atoms with van der Waals surface area (Å²) >= 11 is 2.24. The molecule has 13 heavy (non-hydrogen) atoms. The van der Waals surface area contributed by atoms with Crippen molar-refractivity contribution in [2.75, 3.05) is 11.9 Å². The lowest BCUT2D eigenvalue weighted by Gasteiger charge is -2.04. The highest BCUT2D eigenvalue weighted by atomic mass is 127. The van der Waals surface area contributed by atoms with Crippen molar-refractivity contribution in [3.63, 3.8) is 0 Å². The van der Waals surface area contributed by atoms with Crippen LogP contribution in [0, 0.1) is 3.57 Å². The Morgan fingerprint density at radius 2 is 2.23 bits per heavy atom. The van der Waals surface area contributed by atoms with E-state index in [2.05, 4.69) is 27.9 Å². The number of rotatable bonds is 0. The van der Waals surface area contributed by atoms with Crippen molar-refractivity contribution in [1.82, 2.24) is 0 Å². The van der Waals surface area contributed by atoms with E-state index in [0.29, 0.717) is 6.61 Å². The van der Waals surface area contributed by atoms with Crippen molar-refractivity contribution in [1.29, 1.82) is 0 Å². The molecule has 0 saturated heterocycles. The topological polar surface area (TPSA) is 38.3 Å². The molecule has 0 aliphatic carbocycles. The van der Waals surface area contributed by atoms with Gasteiger partial charge in [0.15, 0.2) is 0 Å². The van der Waals surface area contributed by atoms with Gasteiger partial charge in [0, 0.05) is 14.8 Å². The Bertz CT molecular complexity index is 351. The van der Waals surface area contributed by atoms with Crippen LogP contribution in [0.15, 0.2) is 18.2 Å². The third kappa shape index (κ3) is 2.00. The van der Waals surface area contributed by atoms with E-state index in [1.54, 1.807) is 0 Å². The summed E-state index contributed by atoms with van der Waals surface area (Å²) in [6, 6.07) is 5.89. The van der Waals surface area contributed by atoms with E-state index < -0.39 is 0 Å². The van der Waals surface area contributed by atoms with Crippen LogP contribution in [0.5, 0.6) is 0 Å². The molecule has 4 heteroatoms. The normalized spacial score (nSPS) is 15.9. The Hall–Kier alpha value is -0.620. The Morgan fingerprint density at radius 3 is 3.08 bits per heavy atom. The lowest BCUT2D eigenvalue weighted by Crippen LogP contribution is -2.14. The molecule has 3 nitrogen and oxygen atoms in total. The predicted molar refractivity (Wildman–Crippen MR) is 57.4 cm³/mol. The summed E-state index contributed by atoms with van der Waals surface area (Å²) in [6.07, 6.45) is 0. The van der Waals surface area contributed by atoms with Crippen molar-refractivity contribution in [2.24, 2.45) is 0 Å². The Balaban J connectivity index is 2.40. The van der Waals surface area contributed by atoms with Gasteiger partial charge < -0.3 is 10.1 Å². The highest BCUT2D eigenvalue weighted by Crippen LogP contribution is 2.21. The summed E-state index contributed by atoms with van der Waals surface area (Å²) in [4.78, 5) is 11.1. The van der Waals surface area contributed by atoms with Crippen LogP contribution in [0.25, 0.3) is 0 Å². The van der Waals surface area contributed by atoms with E-state index in [0.717, 1.165) is 14.8 Å². The van der Waals surface area contributed by atoms with Gasteiger partial charge in [0.05, 0.1) is 6.61 Å². The third-order valence-electron chi connectivity index (χ3n) is 1.83. The molecule has 2 rings (SSSR count). The molecule has 1 aromatic carbocycles. The molecule has 1 heterocycles. The van der Waals surface area contributed by atoms with Crippen LogP contribution in [-0.2, 0) is 16.1 Å². The smallest absolute Gasteiger partial charge is 0.250 e. The molecule has 1 N–H and O–H groups in total. The molecule has 0 radical (unpaired) electrons. The summed E-state index contributed by atoms with van der Waals surface area (Å²) < 4.78 is 6.32. The van der Waals surface area contributed by atoms with E-state index in [1.165, 1.54) is 0 Å². The summed E-state index contributed by atoms with van der Waals surface area (Å²) in [5.74, 6) is -0.0834. The standard InChI is InChI=1S/C9H8INO2/c10-7-1-2-8-6(3-7)4-13-5-9(12)11-8/h1-3H,4-5H2,(H,11,12). The maximum Gasteiger partial charge on any atom is 0.250 e. The first kappa shape index (κ1) is 8.96. The molecule has 0 saturated carbocycles. The first-order chi connectivity index (χ1) is 6.25. The van der Waals surface area contributed by atoms with Gasteiger partial charge in [-0.15, -0.1) is 0 Å². The molecule has 68 valence electrons. The maximum absolute atomic E-state index is 11.1. The summed E-state index contributed by atoms with van der Waals surface area (Å²) in [6.45, 7) is 0.649. The second-order valence-corrected chi connectivity index (χ2v) is 4.09. The highest BCUT2D eigenvalue weighted by molar-refractivity contribution is 14.1. The molecular formula is C9H8INO2. The number of ether oxygens (including phenoxy) is 1. The number of halogens is 1. The molecule has 0 unspecified atom stereocenters. The van der Waals surface area contributed by atoms with Crippen LogP contribution < -0.4 is 5.32 Å². The Morgan fingerprint density at radius 1 is 1.38 bits per heavy atom. The van der Waals surface area contributed by atoms with Crippen molar-refractivity contribution < 1.29 is 9.53 Å². The molecule has 1 aromatic rings. The zero-order valence-corrected chi connectivity index (χ0v) is 9.00. The Labute approximate surface area is 89.6 Å². The molecule has 0 spiro atoms. The number of hydrogen-bond acceptors (Lipinski definition) is 2. The zero-order chi connectivity index (χ0) is 9.26. The van der Waals surface area contributed by atoms with Gasteiger partial charge in [0.1, 0.15) is 6.61 Å². The van der Waals surface area contributed by atoms with E-state index in [1.807, 2.05) is 18.2 Å². The minimum atomic E-state index is -0.0834. The average Bonchev–Trinajstić information content (AvgIpc) is 2.25. The van der Waals surface area contributed by atoms with Gasteiger partial charge in [-0.25, -0.2) is 0 Å². The summed E-state index contributed by atoms with van der Waals surface area (Å²) in [7, 11) is 0. The summed E-state index contributed by atoms with van der Waals surface area (Å²) in [5.41, 5.74) is 1.90. The number of benzene rings is 1. The molecule has 1 aliphatic rings. The predicted octanol–water partition coefficient (Wildman–Crippen LogP) is 1.76. The van der Waals surface area contributed by atoms with Crippen LogP contribution in [-0.4, -0.2) is 12.5 Å². The van der Waals surface area contributed by atoms with Gasteiger partial charge in [-0.3, -0.25) is 4.79 Å². The maximum atomic E-state index is 11.1. The molecular weight excluding hydrogens is 281 g/mol. The second kappa shape index (κ2) is 3.63. The van der Waals surface area contributed by atoms with Crippen LogP contribution in [0.4, 0.5) is 5.69 Å². The van der Waals surface area contributed by atoms with Crippen molar-refractivity contribution in [3.05, 3.63) is 27.3 Å². The number of carbonyl (C=O) groups is 1. The van der Waals surface area contributed by atoms with E-state index in [9.17, 15) is 4.79 Å². The van der Waals surface area contributed by atoms with Crippen LogP contribution in [0.3, 0.4) is 0 Å². The number of nitrogens with one attached hydrogen (secondary N) is 1. The molecule has 1 aliphatic heterocycles. The molecule has 0 bridgehead atoms. The third-order valence-corrected chi connectivity index (χ3v) is 2.50. The van der Waals surface area contributed by atoms with Crippen molar-refractivity contribution >= 4 is 34.2 Å². The number of carbonyl (C=O) groups excluding carboxylic acids is 1. The second-order valence-electron chi connectivity index (χ2n) is 2.84. The van der Waals surface area contributed by atoms with Gasteiger partial charge in [0.2, 0.25) is 5.91 Å². The minimum Gasteiger partial charge on any atom is -0.367 e. The molecule has 0 aromatic heterocycles. The fourth-order valence-corrected chi connectivity index (χ4v) is 1.80. The van der Waals surface area contributed by atoms with Gasteiger partial charge in [-0.2, -0.15) is 0 Å². The minimum absolute atomic E-state index is 0.0834. The number of anilines is 1. The van der Waals surface area contributed by atoms with Crippen molar-refractivity contribution in [2.45, 2.75) is 6.61 Å². The lowest BCUT2D eigenvalue weighted by atomic mass is 10.2. The van der Waals surface area contributed by atoms with Crippen LogP contribution in [0.1, 0.15) is 5.56 Å². The largest absolute Gasteiger partial charge is 0.367 e. The fraction of sp³-hybridized carbons (Fsp3) is 0.222. The monoisotopic (exact) mass is 289 g/mol. The highest BCUT2D eigenvalue weighted by Gasteiger charge is 2.12. The molecule has 0 fully saturated rings. The molecule has 1 amide bonds. The number of hydrogen-bond donors (Lipinski definition) is 1. The van der Waals surface area contributed by atoms with Gasteiger partial charge in [-0.1, -0.05) is 0 Å². The van der Waals surface area contributed by atoms with Crippen LogP contribution in [0.2, 0.25) is 0 Å². The fourth-order valence-electron chi connectivity index (χ4n) is 1.24. The van der Waals surface area contributed by atoms with E-state index >= 15 is 0 Å². The van der Waals surface area contributed by atoms with Gasteiger partial charge in [-0.05, 0) is 40.8 Å². The molecule has 0 atom stereocenters. The lowest BCUT2D eigenvalue weighted by molar-refractivity contribution is -0.120. The van der Waals surface area contributed by atoms with E-state index in [4.69, 9.17) is 4.74 Å². The average molecular weight is 289 g/mol. The number of fused-ring (bicyclic) bond motifs is 1. The van der Waals surface area contributed by atoms with Crippen LogP contribution >= 0.6 is 22.6 Å². The quantitative estimate of drug-likeness (QED) is 0.739. The first-order valence-corrected chi connectivity index (χ1v) is 4.99. The zero-order valence-electron chi connectivity index (χ0n) is 6.84. The number of amides is 1. The Kier molecular flexibility index (Phi) is 2.50. The SMILES string of the molecule is O=C1COCc2cc(I)ccc2N1. The first-order valence-electron chi connectivity index (χ1n) is 3.92. The van der Waals surface area contributed by atoms with Gasteiger partial charge >= 0.3 is 0 Å². The van der Waals surface area contributed by atoms with E-state index in [-0.39, 0.29) is 12.5 Å². The van der Waals surface area contributed by atoms with Crippen molar-refractivity contribution in [3.8, 4) is 0 Å². The van der Waals surface area contributed by atoms with Gasteiger partial charge in [0.25, 0.3) is 0 Å².